The minimum Gasteiger partial charge on any atom is -0.355 e. The molecule has 0 saturated carbocycles. The van der Waals surface area contributed by atoms with E-state index in [0.717, 1.165) is 12.1 Å². The molecular weight excluding hydrogens is 289 g/mol. The summed E-state index contributed by atoms with van der Waals surface area (Å²) in [5, 5.41) is 11.6. The molecule has 0 aliphatic heterocycles. The van der Waals surface area contributed by atoms with Crippen LogP contribution in [0.3, 0.4) is 0 Å². The maximum absolute atomic E-state index is 12.7. The third-order valence-electron chi connectivity index (χ3n) is 2.51. The first-order valence-corrected chi connectivity index (χ1v) is 5.91. The lowest BCUT2D eigenvalue weighted by Gasteiger charge is -2.11. The Labute approximate surface area is 118 Å². The molecule has 0 aromatic heterocycles. The molecule has 102 valence electrons. The van der Waals surface area contributed by atoms with E-state index in [-0.39, 0.29) is 10.7 Å². The molecule has 0 unspecified atom stereocenters. The Morgan fingerprint density at radius 1 is 1.05 bits per heavy atom. The van der Waals surface area contributed by atoms with Gasteiger partial charge in [0.2, 0.25) is 0 Å². The fourth-order valence-electron chi connectivity index (χ4n) is 1.66. The van der Waals surface area contributed by atoms with Crippen LogP contribution in [0.4, 0.5) is 24.5 Å². The van der Waals surface area contributed by atoms with Crippen molar-refractivity contribution >= 4 is 23.0 Å². The molecular formula is C14H8ClF3N2. The van der Waals surface area contributed by atoms with E-state index < -0.39 is 11.7 Å². The number of hydrogen-bond donors (Lipinski definition) is 1. The Kier molecular flexibility index (Phi) is 3.86. The van der Waals surface area contributed by atoms with Crippen LogP contribution in [0, 0.1) is 11.3 Å². The van der Waals surface area contributed by atoms with E-state index in [1.54, 1.807) is 18.2 Å². The Balaban J connectivity index is 2.34. The van der Waals surface area contributed by atoms with Crippen LogP contribution < -0.4 is 5.32 Å². The molecule has 0 radical (unpaired) electrons. The number of hydrogen-bond acceptors (Lipinski definition) is 2. The van der Waals surface area contributed by atoms with Crippen molar-refractivity contribution < 1.29 is 13.2 Å². The summed E-state index contributed by atoms with van der Waals surface area (Å²) in [6, 6.07) is 11.6. The highest BCUT2D eigenvalue weighted by atomic mass is 35.5. The van der Waals surface area contributed by atoms with Gasteiger partial charge in [0, 0.05) is 16.4 Å². The summed E-state index contributed by atoms with van der Waals surface area (Å²) < 4.78 is 38.0. The van der Waals surface area contributed by atoms with Crippen molar-refractivity contribution in [2.45, 2.75) is 6.18 Å². The van der Waals surface area contributed by atoms with Crippen LogP contribution in [-0.2, 0) is 6.18 Å². The molecule has 2 nitrogen and oxygen atoms in total. The summed E-state index contributed by atoms with van der Waals surface area (Å²) in [4.78, 5) is 0. The lowest BCUT2D eigenvalue weighted by Crippen LogP contribution is -2.05. The van der Waals surface area contributed by atoms with Gasteiger partial charge in [0.05, 0.1) is 17.2 Å². The molecule has 0 bridgehead atoms. The predicted molar refractivity (Wildman–Crippen MR) is 70.9 cm³/mol. The molecule has 2 aromatic carbocycles. The first kappa shape index (κ1) is 14.2. The Morgan fingerprint density at radius 2 is 1.80 bits per heavy atom. The van der Waals surface area contributed by atoms with Crippen LogP contribution in [0.15, 0.2) is 42.5 Å². The summed E-state index contributed by atoms with van der Waals surface area (Å²) in [6.45, 7) is 0. The maximum atomic E-state index is 12.7. The van der Waals surface area contributed by atoms with Crippen LogP contribution in [-0.4, -0.2) is 0 Å². The molecule has 0 amide bonds. The van der Waals surface area contributed by atoms with E-state index in [2.05, 4.69) is 5.32 Å². The van der Waals surface area contributed by atoms with E-state index in [4.69, 9.17) is 16.9 Å². The van der Waals surface area contributed by atoms with Crippen LogP contribution in [0.25, 0.3) is 0 Å². The second-order valence-electron chi connectivity index (χ2n) is 4.04. The van der Waals surface area contributed by atoms with E-state index in [9.17, 15) is 13.2 Å². The summed E-state index contributed by atoms with van der Waals surface area (Å²) in [5.74, 6) is 0. The number of alkyl halides is 3. The van der Waals surface area contributed by atoms with Gasteiger partial charge in [-0.2, -0.15) is 18.4 Å². The van der Waals surface area contributed by atoms with Gasteiger partial charge in [-0.3, -0.25) is 0 Å². The van der Waals surface area contributed by atoms with Gasteiger partial charge in [0.1, 0.15) is 0 Å². The smallest absolute Gasteiger partial charge is 0.355 e. The molecule has 0 spiro atoms. The van der Waals surface area contributed by atoms with Crippen molar-refractivity contribution in [2.75, 3.05) is 5.32 Å². The molecule has 1 N–H and O–H groups in total. The Bertz CT molecular complexity index is 675. The third kappa shape index (κ3) is 3.43. The van der Waals surface area contributed by atoms with E-state index in [1.165, 1.54) is 12.1 Å². The second-order valence-corrected chi connectivity index (χ2v) is 4.48. The molecule has 2 aromatic rings. The molecule has 0 aliphatic rings. The first-order valence-electron chi connectivity index (χ1n) is 5.53. The predicted octanol–water partition coefficient (Wildman–Crippen LogP) is 4.97. The number of nitriles is 1. The first-order chi connectivity index (χ1) is 9.38. The van der Waals surface area contributed by atoms with Crippen molar-refractivity contribution in [3.63, 3.8) is 0 Å². The Hall–Kier alpha value is -2.19. The number of rotatable bonds is 2. The van der Waals surface area contributed by atoms with Gasteiger partial charge in [0.25, 0.3) is 0 Å². The molecule has 2 rings (SSSR count). The van der Waals surface area contributed by atoms with Crippen LogP contribution in [0.2, 0.25) is 5.02 Å². The molecule has 6 heteroatoms. The summed E-state index contributed by atoms with van der Waals surface area (Å²) in [6.07, 6.45) is -4.46. The number of nitrogens with zero attached hydrogens (tertiary/aromatic N) is 1. The summed E-state index contributed by atoms with van der Waals surface area (Å²) in [5.41, 5.74) is 0.302. The van der Waals surface area contributed by atoms with Gasteiger partial charge in [-0.25, -0.2) is 0 Å². The average Bonchev–Trinajstić information content (AvgIpc) is 2.37. The SMILES string of the molecule is N#Cc1cccc(Nc2cc(Cl)cc(C(F)(F)F)c2)c1. The van der Waals surface area contributed by atoms with Crippen molar-refractivity contribution in [2.24, 2.45) is 0 Å². The fraction of sp³-hybridized carbons (Fsp3) is 0.0714. The number of halogens is 4. The van der Waals surface area contributed by atoms with Crippen molar-refractivity contribution in [1.82, 2.24) is 0 Å². The van der Waals surface area contributed by atoms with Gasteiger partial charge >= 0.3 is 6.18 Å². The van der Waals surface area contributed by atoms with Crippen LogP contribution in [0.5, 0.6) is 0 Å². The molecule has 0 saturated heterocycles. The highest BCUT2D eigenvalue weighted by Gasteiger charge is 2.31. The van der Waals surface area contributed by atoms with E-state index in [1.807, 2.05) is 6.07 Å². The van der Waals surface area contributed by atoms with Crippen molar-refractivity contribution in [3.8, 4) is 6.07 Å². The fourth-order valence-corrected chi connectivity index (χ4v) is 1.89. The Morgan fingerprint density at radius 3 is 2.45 bits per heavy atom. The van der Waals surface area contributed by atoms with Crippen molar-refractivity contribution in [3.05, 3.63) is 58.6 Å². The maximum Gasteiger partial charge on any atom is 0.416 e. The van der Waals surface area contributed by atoms with E-state index in [0.29, 0.717) is 11.3 Å². The highest BCUT2D eigenvalue weighted by molar-refractivity contribution is 6.31. The summed E-state index contributed by atoms with van der Waals surface area (Å²) >= 11 is 5.69. The van der Waals surface area contributed by atoms with Gasteiger partial charge in [-0.15, -0.1) is 0 Å². The minimum atomic E-state index is -4.46. The lowest BCUT2D eigenvalue weighted by molar-refractivity contribution is -0.137. The van der Waals surface area contributed by atoms with Crippen LogP contribution in [0.1, 0.15) is 11.1 Å². The molecule has 0 aliphatic carbocycles. The minimum absolute atomic E-state index is 0.0150. The molecule has 0 heterocycles. The molecule has 0 atom stereocenters. The topological polar surface area (TPSA) is 35.8 Å². The number of nitrogens with one attached hydrogen (secondary N) is 1. The zero-order chi connectivity index (χ0) is 14.8. The highest BCUT2D eigenvalue weighted by Crippen LogP contribution is 2.34. The van der Waals surface area contributed by atoms with E-state index >= 15 is 0 Å². The third-order valence-corrected chi connectivity index (χ3v) is 2.72. The monoisotopic (exact) mass is 296 g/mol. The number of benzene rings is 2. The molecule has 0 fully saturated rings. The summed E-state index contributed by atoms with van der Waals surface area (Å²) in [7, 11) is 0. The van der Waals surface area contributed by atoms with Crippen molar-refractivity contribution in [1.29, 1.82) is 5.26 Å². The molecule has 20 heavy (non-hydrogen) atoms. The van der Waals surface area contributed by atoms with Gasteiger partial charge in [-0.1, -0.05) is 17.7 Å². The zero-order valence-electron chi connectivity index (χ0n) is 10.0. The lowest BCUT2D eigenvalue weighted by atomic mass is 10.1. The van der Waals surface area contributed by atoms with Crippen LogP contribution >= 0.6 is 11.6 Å². The standard InChI is InChI=1S/C14H8ClF3N2/c15-11-5-10(14(16,17)18)6-13(7-11)20-12-3-1-2-9(4-12)8-19/h1-7,20H. The van der Waals surface area contributed by atoms with Gasteiger partial charge in [-0.05, 0) is 36.4 Å². The largest absolute Gasteiger partial charge is 0.416 e. The average molecular weight is 297 g/mol. The normalized spacial score (nSPS) is 10.9. The second kappa shape index (κ2) is 5.43. The quantitative estimate of drug-likeness (QED) is 0.849. The van der Waals surface area contributed by atoms with Gasteiger partial charge < -0.3 is 5.32 Å². The van der Waals surface area contributed by atoms with Gasteiger partial charge in [0.15, 0.2) is 0 Å². The number of anilines is 2. The zero-order valence-corrected chi connectivity index (χ0v) is 10.8.